The van der Waals surface area contributed by atoms with E-state index >= 15 is 0 Å². The van der Waals surface area contributed by atoms with E-state index in [-0.39, 0.29) is 5.82 Å². The Bertz CT molecular complexity index is 592. The zero-order valence-corrected chi connectivity index (χ0v) is 12.2. The molecule has 21 heavy (non-hydrogen) atoms. The normalized spacial score (nSPS) is 10.4. The Morgan fingerprint density at radius 3 is 2.86 bits per heavy atom. The summed E-state index contributed by atoms with van der Waals surface area (Å²) in [6.07, 6.45) is 0.895. The van der Waals surface area contributed by atoms with Crippen LogP contribution in [0.25, 0.3) is 0 Å². The number of hydrogen-bond acceptors (Lipinski definition) is 5. The van der Waals surface area contributed by atoms with E-state index < -0.39 is 0 Å². The average molecular weight is 290 g/mol. The molecule has 6 heteroatoms. The first-order chi connectivity index (χ1) is 10.2. The second kappa shape index (κ2) is 7.54. The summed E-state index contributed by atoms with van der Waals surface area (Å²) >= 11 is 0. The maximum atomic E-state index is 13.2. The van der Waals surface area contributed by atoms with Gasteiger partial charge < -0.3 is 15.4 Å². The molecule has 0 atom stereocenters. The second-order valence-electron chi connectivity index (χ2n) is 4.63. The van der Waals surface area contributed by atoms with E-state index in [9.17, 15) is 4.39 Å². The van der Waals surface area contributed by atoms with Gasteiger partial charge in [0.05, 0.1) is 0 Å². The number of aromatic nitrogens is 2. The lowest BCUT2D eigenvalue weighted by atomic mass is 10.3. The summed E-state index contributed by atoms with van der Waals surface area (Å²) in [5.74, 6) is 0.873. The molecule has 1 aromatic heterocycles. The lowest BCUT2D eigenvalue weighted by Gasteiger charge is -2.10. The minimum absolute atomic E-state index is 0.300. The number of halogens is 1. The molecule has 5 nitrogen and oxygen atoms in total. The number of aryl methyl sites for hydroxylation is 1. The summed E-state index contributed by atoms with van der Waals surface area (Å²) in [6, 6.07) is 8.06. The van der Waals surface area contributed by atoms with Gasteiger partial charge in [-0.25, -0.2) is 9.37 Å². The molecule has 1 aromatic carbocycles. The molecule has 0 aliphatic heterocycles. The van der Waals surface area contributed by atoms with Crippen LogP contribution in [0.4, 0.5) is 21.8 Å². The number of methoxy groups -OCH3 is 1. The number of rotatable bonds is 7. The van der Waals surface area contributed by atoms with Crippen molar-refractivity contribution in [3.8, 4) is 0 Å². The molecule has 0 spiro atoms. The Hall–Kier alpha value is -2.21. The van der Waals surface area contributed by atoms with Crippen molar-refractivity contribution in [2.45, 2.75) is 13.3 Å². The molecule has 0 amide bonds. The molecule has 0 fully saturated rings. The predicted molar refractivity (Wildman–Crippen MR) is 81.4 cm³/mol. The number of nitrogens with one attached hydrogen (secondary N) is 2. The van der Waals surface area contributed by atoms with Crippen molar-refractivity contribution in [3.05, 3.63) is 41.8 Å². The van der Waals surface area contributed by atoms with Crippen molar-refractivity contribution in [1.82, 2.24) is 9.97 Å². The number of benzene rings is 1. The highest BCUT2D eigenvalue weighted by Crippen LogP contribution is 2.16. The van der Waals surface area contributed by atoms with Gasteiger partial charge >= 0.3 is 0 Å². The minimum atomic E-state index is -0.300. The molecule has 2 aromatic rings. The Balaban J connectivity index is 2.04. The second-order valence-corrected chi connectivity index (χ2v) is 4.63. The zero-order chi connectivity index (χ0) is 15.1. The Morgan fingerprint density at radius 2 is 2.10 bits per heavy atom. The van der Waals surface area contributed by atoms with E-state index in [1.807, 2.05) is 13.0 Å². The molecular formula is C15H19FN4O. The third kappa shape index (κ3) is 5.00. The molecule has 2 N–H and O–H groups in total. The fraction of sp³-hybridized carbons (Fsp3) is 0.333. The van der Waals surface area contributed by atoms with Gasteiger partial charge in [-0.05, 0) is 31.5 Å². The van der Waals surface area contributed by atoms with Crippen LogP contribution in [0.2, 0.25) is 0 Å². The molecule has 112 valence electrons. The van der Waals surface area contributed by atoms with Crippen molar-refractivity contribution in [2.75, 3.05) is 30.9 Å². The fourth-order valence-electron chi connectivity index (χ4n) is 1.84. The van der Waals surface area contributed by atoms with Gasteiger partial charge in [0.2, 0.25) is 5.95 Å². The standard InChI is InChI=1S/C15H19FN4O/c1-11-9-14(17-7-4-8-21-2)20-15(18-11)19-13-6-3-5-12(16)10-13/h3,5-6,9-10H,4,7-8H2,1-2H3,(H2,17,18,19,20). The monoisotopic (exact) mass is 290 g/mol. The number of anilines is 3. The SMILES string of the molecule is COCCCNc1cc(C)nc(Nc2cccc(F)c2)n1. The van der Waals surface area contributed by atoms with Gasteiger partial charge in [0.1, 0.15) is 11.6 Å². The first kappa shape index (κ1) is 15.2. The van der Waals surface area contributed by atoms with Crippen molar-refractivity contribution in [3.63, 3.8) is 0 Å². The molecular weight excluding hydrogens is 271 g/mol. The van der Waals surface area contributed by atoms with Crippen LogP contribution in [0.3, 0.4) is 0 Å². The molecule has 0 aliphatic carbocycles. The van der Waals surface area contributed by atoms with Crippen LogP contribution in [0, 0.1) is 12.7 Å². The highest BCUT2D eigenvalue weighted by Gasteiger charge is 2.03. The van der Waals surface area contributed by atoms with Gasteiger partial charge in [-0.3, -0.25) is 0 Å². The van der Waals surface area contributed by atoms with E-state index in [2.05, 4.69) is 20.6 Å². The first-order valence-electron chi connectivity index (χ1n) is 6.78. The van der Waals surface area contributed by atoms with Gasteiger partial charge in [0.15, 0.2) is 0 Å². The largest absolute Gasteiger partial charge is 0.385 e. The molecule has 0 aliphatic rings. The van der Waals surface area contributed by atoms with Gasteiger partial charge in [-0.2, -0.15) is 4.98 Å². The lowest BCUT2D eigenvalue weighted by molar-refractivity contribution is 0.198. The Labute approximate surface area is 123 Å². The third-order valence-electron chi connectivity index (χ3n) is 2.77. The maximum absolute atomic E-state index is 13.2. The van der Waals surface area contributed by atoms with Crippen molar-refractivity contribution in [1.29, 1.82) is 0 Å². The number of hydrogen-bond donors (Lipinski definition) is 2. The summed E-state index contributed by atoms with van der Waals surface area (Å²) in [5.41, 5.74) is 1.45. The summed E-state index contributed by atoms with van der Waals surface area (Å²) < 4.78 is 18.2. The summed E-state index contributed by atoms with van der Waals surface area (Å²) in [4.78, 5) is 8.65. The summed E-state index contributed by atoms with van der Waals surface area (Å²) in [6.45, 7) is 3.36. The summed E-state index contributed by atoms with van der Waals surface area (Å²) in [5, 5.41) is 6.21. The van der Waals surface area contributed by atoms with Crippen LogP contribution in [-0.2, 0) is 4.74 Å². The number of nitrogens with zero attached hydrogens (tertiary/aromatic N) is 2. The molecule has 0 bridgehead atoms. The molecule has 2 rings (SSSR count). The van der Waals surface area contributed by atoms with Crippen LogP contribution < -0.4 is 10.6 Å². The highest BCUT2D eigenvalue weighted by molar-refractivity contribution is 5.55. The molecule has 0 radical (unpaired) electrons. The predicted octanol–water partition coefficient (Wildman–Crippen LogP) is 3.12. The van der Waals surface area contributed by atoms with Crippen molar-refractivity contribution >= 4 is 17.5 Å². The van der Waals surface area contributed by atoms with Crippen LogP contribution in [0.15, 0.2) is 30.3 Å². The van der Waals surface area contributed by atoms with Gasteiger partial charge in [0, 0.05) is 37.7 Å². The minimum Gasteiger partial charge on any atom is -0.385 e. The van der Waals surface area contributed by atoms with E-state index in [1.165, 1.54) is 12.1 Å². The maximum Gasteiger partial charge on any atom is 0.229 e. The Morgan fingerprint density at radius 1 is 1.24 bits per heavy atom. The van der Waals surface area contributed by atoms with Crippen LogP contribution in [-0.4, -0.2) is 30.2 Å². The smallest absolute Gasteiger partial charge is 0.229 e. The van der Waals surface area contributed by atoms with Crippen molar-refractivity contribution in [2.24, 2.45) is 0 Å². The highest BCUT2D eigenvalue weighted by atomic mass is 19.1. The summed E-state index contributed by atoms with van der Waals surface area (Å²) in [7, 11) is 1.68. The van der Waals surface area contributed by atoms with Gasteiger partial charge in [-0.1, -0.05) is 6.07 Å². The molecule has 0 saturated carbocycles. The first-order valence-corrected chi connectivity index (χ1v) is 6.78. The van der Waals surface area contributed by atoms with Crippen molar-refractivity contribution < 1.29 is 9.13 Å². The average Bonchev–Trinajstić information content (AvgIpc) is 2.43. The van der Waals surface area contributed by atoms with Crippen LogP contribution in [0.1, 0.15) is 12.1 Å². The van der Waals surface area contributed by atoms with E-state index in [0.717, 1.165) is 24.5 Å². The van der Waals surface area contributed by atoms with Gasteiger partial charge in [0.25, 0.3) is 0 Å². The zero-order valence-electron chi connectivity index (χ0n) is 12.2. The lowest BCUT2D eigenvalue weighted by Crippen LogP contribution is -2.08. The van der Waals surface area contributed by atoms with E-state index in [0.29, 0.717) is 18.2 Å². The van der Waals surface area contributed by atoms with E-state index in [4.69, 9.17) is 4.74 Å². The fourth-order valence-corrected chi connectivity index (χ4v) is 1.84. The molecule has 0 unspecified atom stereocenters. The third-order valence-corrected chi connectivity index (χ3v) is 2.77. The number of ether oxygens (including phenoxy) is 1. The molecule has 1 heterocycles. The van der Waals surface area contributed by atoms with E-state index in [1.54, 1.807) is 19.2 Å². The molecule has 0 saturated heterocycles. The van der Waals surface area contributed by atoms with Crippen LogP contribution >= 0.6 is 0 Å². The van der Waals surface area contributed by atoms with Crippen LogP contribution in [0.5, 0.6) is 0 Å². The topological polar surface area (TPSA) is 59.1 Å². The quantitative estimate of drug-likeness (QED) is 0.767. The van der Waals surface area contributed by atoms with Gasteiger partial charge in [-0.15, -0.1) is 0 Å². The Kier molecular flexibility index (Phi) is 5.45.